The van der Waals surface area contributed by atoms with Crippen LogP contribution in [0, 0.1) is 0 Å². The molecule has 23 heavy (non-hydrogen) atoms. The highest BCUT2D eigenvalue weighted by Crippen LogP contribution is 2.22. The lowest BCUT2D eigenvalue weighted by Gasteiger charge is -2.29. The van der Waals surface area contributed by atoms with Crippen molar-refractivity contribution in [3.05, 3.63) is 59.1 Å². The second-order valence-electron chi connectivity index (χ2n) is 5.00. The van der Waals surface area contributed by atoms with Crippen LogP contribution in [0.5, 0.6) is 5.75 Å². The molecule has 0 saturated heterocycles. The van der Waals surface area contributed by atoms with E-state index in [2.05, 4.69) is 0 Å². The van der Waals surface area contributed by atoms with Gasteiger partial charge in [0.2, 0.25) is 0 Å². The van der Waals surface area contributed by atoms with Gasteiger partial charge < -0.3 is 14.4 Å². The van der Waals surface area contributed by atoms with E-state index in [0.29, 0.717) is 22.9 Å². The van der Waals surface area contributed by atoms with Crippen LogP contribution in [0.3, 0.4) is 0 Å². The molecule has 1 unspecified atom stereocenters. The molecular weight excluding hydrogens is 314 g/mol. The van der Waals surface area contributed by atoms with Crippen molar-refractivity contribution < 1.29 is 14.3 Å². The molecule has 2 aromatic carbocycles. The summed E-state index contributed by atoms with van der Waals surface area (Å²) in [6, 6.07) is 14.3. The second-order valence-corrected chi connectivity index (χ2v) is 5.44. The topological polar surface area (TPSA) is 38.8 Å². The normalized spacial score (nSPS) is 11.7. The summed E-state index contributed by atoms with van der Waals surface area (Å²) in [5.74, 6) is 0.323. The van der Waals surface area contributed by atoms with Crippen molar-refractivity contribution in [3.8, 4) is 5.75 Å². The van der Waals surface area contributed by atoms with Crippen LogP contribution in [0.15, 0.2) is 48.5 Å². The van der Waals surface area contributed by atoms with Crippen molar-refractivity contribution in [2.45, 2.75) is 20.1 Å². The van der Waals surface area contributed by atoms with Crippen LogP contribution in [-0.4, -0.2) is 25.9 Å². The molecule has 2 aromatic rings. The average Bonchev–Trinajstić information content (AvgIpc) is 2.55. The van der Waals surface area contributed by atoms with Crippen molar-refractivity contribution in [3.63, 3.8) is 0 Å². The molecule has 0 aliphatic rings. The van der Waals surface area contributed by atoms with Gasteiger partial charge in [0.05, 0.1) is 12.7 Å². The Morgan fingerprint density at radius 3 is 2.48 bits per heavy atom. The lowest BCUT2D eigenvalue weighted by Crippen LogP contribution is -2.36. The van der Waals surface area contributed by atoms with E-state index in [4.69, 9.17) is 21.1 Å². The highest BCUT2D eigenvalue weighted by atomic mass is 35.5. The summed E-state index contributed by atoms with van der Waals surface area (Å²) in [5, 5.41) is 0.648. The van der Waals surface area contributed by atoms with Gasteiger partial charge in [-0.1, -0.05) is 17.7 Å². The maximum atomic E-state index is 12.3. The minimum Gasteiger partial charge on any atom is -0.497 e. The first-order valence-electron chi connectivity index (χ1n) is 7.42. The number of nitrogens with zero attached hydrogens (tertiary/aromatic N) is 1. The number of ether oxygens (including phenoxy) is 2. The number of rotatable bonds is 6. The smallest absolute Gasteiger partial charge is 0.340 e. The van der Waals surface area contributed by atoms with Gasteiger partial charge in [-0.25, -0.2) is 4.79 Å². The Bertz CT molecular complexity index is 658. The minimum absolute atomic E-state index is 0.374. The molecule has 0 N–H and O–H groups in total. The molecule has 0 fully saturated rings. The van der Waals surface area contributed by atoms with Crippen molar-refractivity contribution in [1.29, 1.82) is 0 Å². The van der Waals surface area contributed by atoms with Crippen LogP contribution in [-0.2, 0) is 4.74 Å². The molecule has 0 radical (unpaired) electrons. The number of benzene rings is 2. The highest BCUT2D eigenvalue weighted by molar-refractivity contribution is 6.30. The monoisotopic (exact) mass is 333 g/mol. The summed E-state index contributed by atoms with van der Waals surface area (Å²) in [4.78, 5) is 14.2. The third-order valence-corrected chi connectivity index (χ3v) is 3.76. The zero-order valence-electron chi connectivity index (χ0n) is 13.5. The molecule has 4 nitrogen and oxygen atoms in total. The predicted octanol–water partition coefficient (Wildman–Crippen LogP) is 4.38. The minimum atomic E-state index is -0.409. The number of methoxy groups -OCH3 is 1. The van der Waals surface area contributed by atoms with Gasteiger partial charge in [0.1, 0.15) is 5.75 Å². The van der Waals surface area contributed by atoms with Gasteiger partial charge in [0.25, 0.3) is 0 Å². The summed E-state index contributed by atoms with van der Waals surface area (Å²) in [7, 11) is 1.58. The molecule has 0 heterocycles. The first kappa shape index (κ1) is 17.2. The summed E-state index contributed by atoms with van der Waals surface area (Å²) >= 11 is 6.03. The van der Waals surface area contributed by atoms with Crippen LogP contribution in [0.25, 0.3) is 0 Å². The van der Waals surface area contributed by atoms with E-state index in [-0.39, 0.29) is 5.97 Å². The fourth-order valence-corrected chi connectivity index (χ4v) is 2.50. The summed E-state index contributed by atoms with van der Waals surface area (Å²) in [6.45, 7) is 4.53. The standard InChI is InChI=1S/C18H20ClNO3/c1-4-20(16-7-5-6-15(19)12-16)13(2)23-18(21)14-8-10-17(22-3)11-9-14/h5-13H,4H2,1-3H3. The molecule has 0 aromatic heterocycles. The Morgan fingerprint density at radius 2 is 1.91 bits per heavy atom. The van der Waals surface area contributed by atoms with E-state index >= 15 is 0 Å². The van der Waals surface area contributed by atoms with Gasteiger partial charge in [-0.15, -0.1) is 0 Å². The van der Waals surface area contributed by atoms with E-state index in [1.807, 2.05) is 43.0 Å². The van der Waals surface area contributed by atoms with E-state index < -0.39 is 6.23 Å². The average molecular weight is 334 g/mol. The molecule has 122 valence electrons. The zero-order chi connectivity index (χ0) is 16.8. The highest BCUT2D eigenvalue weighted by Gasteiger charge is 2.18. The number of carbonyl (C=O) groups is 1. The largest absolute Gasteiger partial charge is 0.497 e. The van der Waals surface area contributed by atoms with Crippen molar-refractivity contribution in [2.75, 3.05) is 18.6 Å². The fraction of sp³-hybridized carbons (Fsp3) is 0.278. The molecule has 0 spiro atoms. The number of halogens is 1. The Balaban J connectivity index is 2.09. The van der Waals surface area contributed by atoms with Crippen molar-refractivity contribution in [1.82, 2.24) is 0 Å². The van der Waals surface area contributed by atoms with Crippen LogP contribution >= 0.6 is 11.6 Å². The van der Waals surface area contributed by atoms with Gasteiger partial charge in [-0.2, -0.15) is 0 Å². The number of anilines is 1. The van der Waals surface area contributed by atoms with Crippen LogP contribution in [0.2, 0.25) is 5.02 Å². The van der Waals surface area contributed by atoms with E-state index in [9.17, 15) is 4.79 Å². The third kappa shape index (κ3) is 4.39. The molecule has 5 heteroatoms. The number of hydrogen-bond acceptors (Lipinski definition) is 4. The second kappa shape index (κ2) is 7.88. The van der Waals surface area contributed by atoms with E-state index in [1.165, 1.54) is 0 Å². The number of carbonyl (C=O) groups excluding carboxylic acids is 1. The Labute approximate surface area is 141 Å². The predicted molar refractivity (Wildman–Crippen MR) is 92.3 cm³/mol. The van der Waals surface area contributed by atoms with Gasteiger partial charge in [-0.3, -0.25) is 0 Å². The first-order chi connectivity index (χ1) is 11.0. The van der Waals surface area contributed by atoms with E-state index in [0.717, 1.165) is 5.69 Å². The molecule has 2 rings (SSSR count). The van der Waals surface area contributed by atoms with E-state index in [1.54, 1.807) is 31.4 Å². The Kier molecular flexibility index (Phi) is 5.88. The Morgan fingerprint density at radius 1 is 1.22 bits per heavy atom. The number of hydrogen-bond donors (Lipinski definition) is 0. The molecule has 0 aliphatic heterocycles. The first-order valence-corrected chi connectivity index (χ1v) is 7.80. The van der Waals surface area contributed by atoms with Crippen LogP contribution in [0.4, 0.5) is 5.69 Å². The van der Waals surface area contributed by atoms with Gasteiger partial charge in [0.15, 0.2) is 6.23 Å². The maximum absolute atomic E-state index is 12.3. The Hall–Kier alpha value is -2.20. The molecule has 1 atom stereocenters. The molecule has 0 saturated carbocycles. The maximum Gasteiger partial charge on any atom is 0.340 e. The lowest BCUT2D eigenvalue weighted by atomic mass is 10.2. The SMILES string of the molecule is CCN(c1cccc(Cl)c1)C(C)OC(=O)c1ccc(OC)cc1. The summed E-state index contributed by atoms with van der Waals surface area (Å²) in [5.41, 5.74) is 1.40. The lowest BCUT2D eigenvalue weighted by molar-refractivity contribution is 0.0336. The number of esters is 1. The third-order valence-electron chi connectivity index (χ3n) is 3.52. The summed E-state index contributed by atoms with van der Waals surface area (Å²) < 4.78 is 10.6. The molecular formula is C18H20ClNO3. The van der Waals surface area contributed by atoms with Gasteiger partial charge >= 0.3 is 5.97 Å². The molecule has 0 bridgehead atoms. The van der Waals surface area contributed by atoms with Crippen LogP contribution < -0.4 is 9.64 Å². The summed E-state index contributed by atoms with van der Waals surface area (Å²) in [6.07, 6.45) is -0.409. The zero-order valence-corrected chi connectivity index (χ0v) is 14.2. The van der Waals surface area contributed by atoms with Gasteiger partial charge in [-0.05, 0) is 56.3 Å². The molecule has 0 amide bonds. The van der Waals surface area contributed by atoms with Crippen molar-refractivity contribution >= 4 is 23.3 Å². The van der Waals surface area contributed by atoms with Gasteiger partial charge in [0, 0.05) is 17.3 Å². The van der Waals surface area contributed by atoms with Crippen molar-refractivity contribution in [2.24, 2.45) is 0 Å². The fourth-order valence-electron chi connectivity index (χ4n) is 2.32. The van der Waals surface area contributed by atoms with Crippen LogP contribution in [0.1, 0.15) is 24.2 Å². The molecule has 0 aliphatic carbocycles. The quantitative estimate of drug-likeness (QED) is 0.581.